The Balaban J connectivity index is 3.55. The van der Waals surface area contributed by atoms with Crippen molar-refractivity contribution in [3.63, 3.8) is 0 Å². The second kappa shape index (κ2) is 5.91. The summed E-state index contributed by atoms with van der Waals surface area (Å²) in [6.45, 7) is 3.16. The zero-order valence-corrected chi connectivity index (χ0v) is 11.0. The molecule has 108 valence electrons. The molecule has 0 bridgehead atoms. The summed E-state index contributed by atoms with van der Waals surface area (Å²) in [5, 5.41) is 22.7. The molecule has 0 aliphatic rings. The number of thiocyanates is 1. The SMILES string of the molecule is CC(C)Nc1nc(C(F)(F)F)nc(SC#N)c1[N+](=O)[O-]. The van der Waals surface area contributed by atoms with Gasteiger partial charge in [-0.05, 0) is 13.8 Å². The summed E-state index contributed by atoms with van der Waals surface area (Å²) in [5.74, 6) is -2.10. The normalized spacial score (nSPS) is 11.2. The molecule has 1 rings (SSSR count). The number of anilines is 1. The van der Waals surface area contributed by atoms with Gasteiger partial charge < -0.3 is 5.32 Å². The van der Waals surface area contributed by atoms with Crippen LogP contribution >= 0.6 is 11.8 Å². The Morgan fingerprint density at radius 3 is 2.45 bits per heavy atom. The molecule has 1 aromatic heterocycles. The minimum atomic E-state index is -4.87. The van der Waals surface area contributed by atoms with Gasteiger partial charge in [0.2, 0.25) is 11.6 Å². The van der Waals surface area contributed by atoms with Crippen LogP contribution in [0.25, 0.3) is 0 Å². The van der Waals surface area contributed by atoms with E-state index in [0.29, 0.717) is 0 Å². The molecule has 0 fully saturated rings. The van der Waals surface area contributed by atoms with E-state index in [1.807, 2.05) is 0 Å². The van der Waals surface area contributed by atoms with Crippen molar-refractivity contribution in [1.29, 1.82) is 5.26 Å². The molecule has 1 N–H and O–H groups in total. The third-order valence-electron chi connectivity index (χ3n) is 1.86. The van der Waals surface area contributed by atoms with Gasteiger partial charge in [-0.15, -0.1) is 0 Å². The van der Waals surface area contributed by atoms with E-state index >= 15 is 0 Å². The number of thioether (sulfide) groups is 1. The fourth-order valence-corrected chi connectivity index (χ4v) is 1.70. The summed E-state index contributed by atoms with van der Waals surface area (Å²) in [5.41, 5.74) is -0.752. The van der Waals surface area contributed by atoms with E-state index in [2.05, 4.69) is 15.3 Å². The average Bonchev–Trinajstić information content (AvgIpc) is 2.26. The Bertz CT molecular complexity index is 570. The molecule has 0 atom stereocenters. The van der Waals surface area contributed by atoms with Gasteiger partial charge in [0.1, 0.15) is 5.40 Å². The Labute approximate surface area is 115 Å². The first-order valence-corrected chi connectivity index (χ1v) is 5.94. The molecular formula is C9H8F3N5O2S. The lowest BCUT2D eigenvalue weighted by Gasteiger charge is -2.13. The lowest BCUT2D eigenvalue weighted by atomic mass is 10.3. The number of halogens is 3. The van der Waals surface area contributed by atoms with Gasteiger partial charge in [-0.2, -0.15) is 18.4 Å². The number of alkyl halides is 3. The largest absolute Gasteiger partial charge is 0.451 e. The van der Waals surface area contributed by atoms with Crippen LogP contribution in [-0.4, -0.2) is 20.9 Å². The van der Waals surface area contributed by atoms with Crippen LogP contribution in [0.5, 0.6) is 0 Å². The van der Waals surface area contributed by atoms with Gasteiger partial charge in [0.05, 0.1) is 4.92 Å². The van der Waals surface area contributed by atoms with Crippen molar-refractivity contribution >= 4 is 23.3 Å². The highest BCUT2D eigenvalue weighted by molar-refractivity contribution is 8.03. The van der Waals surface area contributed by atoms with Crippen molar-refractivity contribution in [2.75, 3.05) is 5.32 Å². The molecule has 11 heteroatoms. The van der Waals surface area contributed by atoms with Gasteiger partial charge in [-0.25, -0.2) is 9.97 Å². The van der Waals surface area contributed by atoms with Crippen LogP contribution in [-0.2, 0) is 6.18 Å². The smallest absolute Gasteiger partial charge is 0.362 e. The third-order valence-corrected chi connectivity index (χ3v) is 2.43. The van der Waals surface area contributed by atoms with Crippen molar-refractivity contribution in [2.45, 2.75) is 31.1 Å². The maximum Gasteiger partial charge on any atom is 0.451 e. The Kier molecular flexibility index (Phi) is 4.72. The number of nitrogens with zero attached hydrogens (tertiary/aromatic N) is 4. The van der Waals surface area contributed by atoms with Crippen LogP contribution in [0.2, 0.25) is 0 Å². The molecule has 0 spiro atoms. The van der Waals surface area contributed by atoms with Crippen molar-refractivity contribution in [2.24, 2.45) is 0 Å². The second-order valence-corrected chi connectivity index (χ2v) is 4.57. The van der Waals surface area contributed by atoms with Crippen LogP contribution < -0.4 is 5.32 Å². The Morgan fingerprint density at radius 1 is 1.45 bits per heavy atom. The fourth-order valence-electron chi connectivity index (χ4n) is 1.21. The van der Waals surface area contributed by atoms with Crippen molar-refractivity contribution in [3.05, 3.63) is 15.9 Å². The van der Waals surface area contributed by atoms with Crippen LogP contribution in [0.4, 0.5) is 24.7 Å². The fraction of sp³-hybridized carbons (Fsp3) is 0.444. The number of rotatable bonds is 4. The first-order valence-electron chi connectivity index (χ1n) is 5.13. The molecule has 7 nitrogen and oxygen atoms in total. The van der Waals surface area contributed by atoms with Gasteiger partial charge >= 0.3 is 11.9 Å². The van der Waals surface area contributed by atoms with Crippen molar-refractivity contribution < 1.29 is 18.1 Å². The number of nitriles is 1. The highest BCUT2D eigenvalue weighted by Gasteiger charge is 2.38. The van der Waals surface area contributed by atoms with Gasteiger partial charge in [0.25, 0.3) is 0 Å². The van der Waals surface area contributed by atoms with Crippen molar-refractivity contribution in [3.8, 4) is 5.40 Å². The second-order valence-electron chi connectivity index (χ2n) is 3.80. The van der Waals surface area contributed by atoms with Gasteiger partial charge in [0, 0.05) is 17.8 Å². The van der Waals surface area contributed by atoms with E-state index in [9.17, 15) is 23.3 Å². The minimum absolute atomic E-state index is 0.175. The first-order chi connectivity index (χ1) is 9.16. The molecule has 0 saturated heterocycles. The molecular weight excluding hydrogens is 299 g/mol. The summed E-state index contributed by atoms with van der Waals surface area (Å²) in [6, 6.07) is -0.385. The Hall–Kier alpha value is -2.09. The quantitative estimate of drug-likeness (QED) is 0.300. The number of hydrogen-bond donors (Lipinski definition) is 1. The standard InChI is InChI=1S/C9H8F3N5O2S/c1-4(2)14-6-5(17(18)19)7(20-3-13)16-8(15-6)9(10,11)12/h4H,1-2H3,(H,14,15,16). The predicted octanol–water partition coefficient (Wildman–Crippen LogP) is 2.80. The van der Waals surface area contributed by atoms with E-state index in [-0.39, 0.29) is 17.8 Å². The molecule has 0 amide bonds. The summed E-state index contributed by atoms with van der Waals surface area (Å²) in [4.78, 5) is 16.2. The summed E-state index contributed by atoms with van der Waals surface area (Å²) in [6.07, 6.45) is -4.87. The van der Waals surface area contributed by atoms with E-state index < -0.39 is 33.5 Å². The van der Waals surface area contributed by atoms with Crippen LogP contribution in [0.1, 0.15) is 19.7 Å². The zero-order chi connectivity index (χ0) is 15.5. The van der Waals surface area contributed by atoms with Crippen molar-refractivity contribution in [1.82, 2.24) is 9.97 Å². The predicted molar refractivity (Wildman–Crippen MR) is 63.9 cm³/mol. The summed E-state index contributed by atoms with van der Waals surface area (Å²) >= 11 is 0.175. The molecule has 0 aliphatic heterocycles. The number of aromatic nitrogens is 2. The van der Waals surface area contributed by atoms with Crippen LogP contribution in [0.15, 0.2) is 5.03 Å². The van der Waals surface area contributed by atoms with E-state index in [1.165, 1.54) is 5.40 Å². The molecule has 1 aromatic rings. The average molecular weight is 307 g/mol. The first kappa shape index (κ1) is 16.0. The third kappa shape index (κ3) is 3.70. The number of nitro groups is 1. The lowest BCUT2D eigenvalue weighted by Crippen LogP contribution is -2.18. The van der Waals surface area contributed by atoms with Gasteiger partial charge in [0.15, 0.2) is 5.03 Å². The van der Waals surface area contributed by atoms with E-state index in [0.717, 1.165) is 0 Å². The summed E-state index contributed by atoms with van der Waals surface area (Å²) in [7, 11) is 0. The number of nitrogens with one attached hydrogen (secondary N) is 1. The molecule has 0 unspecified atom stereocenters. The van der Waals surface area contributed by atoms with E-state index in [1.54, 1.807) is 13.8 Å². The molecule has 0 saturated carbocycles. The highest BCUT2D eigenvalue weighted by atomic mass is 32.2. The molecule has 0 aromatic carbocycles. The highest BCUT2D eigenvalue weighted by Crippen LogP contribution is 2.36. The monoisotopic (exact) mass is 307 g/mol. The maximum absolute atomic E-state index is 12.6. The zero-order valence-electron chi connectivity index (χ0n) is 10.2. The Morgan fingerprint density at radius 2 is 2.05 bits per heavy atom. The topological polar surface area (TPSA) is 105 Å². The minimum Gasteiger partial charge on any atom is -0.362 e. The molecule has 1 heterocycles. The van der Waals surface area contributed by atoms with Gasteiger partial charge in [-0.1, -0.05) is 0 Å². The maximum atomic E-state index is 12.6. The number of hydrogen-bond acceptors (Lipinski definition) is 7. The molecule has 0 aliphatic carbocycles. The van der Waals surface area contributed by atoms with E-state index in [4.69, 9.17) is 5.26 Å². The van der Waals surface area contributed by atoms with Crippen LogP contribution in [0.3, 0.4) is 0 Å². The lowest BCUT2D eigenvalue weighted by molar-refractivity contribution is -0.387. The summed E-state index contributed by atoms with van der Waals surface area (Å²) < 4.78 is 37.9. The van der Waals surface area contributed by atoms with Crippen LogP contribution in [0, 0.1) is 20.8 Å². The molecule has 0 radical (unpaired) electrons. The molecule has 20 heavy (non-hydrogen) atoms. The van der Waals surface area contributed by atoms with Gasteiger partial charge in [-0.3, -0.25) is 10.1 Å².